The molecule has 1 fully saturated rings. The van der Waals surface area contributed by atoms with Crippen LogP contribution < -0.4 is 5.32 Å². The minimum atomic E-state index is -0.869. The van der Waals surface area contributed by atoms with Gasteiger partial charge in [-0.25, -0.2) is 0 Å². The fourth-order valence-electron chi connectivity index (χ4n) is 2.76. The van der Waals surface area contributed by atoms with Crippen LogP contribution in [0.5, 0.6) is 0 Å². The number of aromatic nitrogens is 1. The molecule has 2 N–H and O–H groups in total. The van der Waals surface area contributed by atoms with Crippen molar-refractivity contribution >= 4 is 16.8 Å². The molecule has 2 heterocycles. The Morgan fingerprint density at radius 3 is 2.86 bits per heavy atom. The first-order chi connectivity index (χ1) is 10.6. The summed E-state index contributed by atoms with van der Waals surface area (Å²) in [5.41, 5.74) is 1.33. The maximum absolute atomic E-state index is 12.5. The topological polar surface area (TPSA) is 71.5 Å². The fraction of sp³-hybridized carbons (Fsp3) is 0.412. The van der Waals surface area contributed by atoms with Gasteiger partial charge in [0.1, 0.15) is 0 Å². The second-order valence-electron chi connectivity index (χ2n) is 5.85. The summed E-state index contributed by atoms with van der Waals surface area (Å²) >= 11 is 0. The van der Waals surface area contributed by atoms with E-state index < -0.39 is 5.60 Å². The molecule has 1 aliphatic heterocycles. The van der Waals surface area contributed by atoms with Crippen molar-refractivity contribution in [3.05, 3.63) is 41.6 Å². The van der Waals surface area contributed by atoms with E-state index in [1.165, 1.54) is 0 Å². The lowest BCUT2D eigenvalue weighted by Crippen LogP contribution is -2.46. The number of pyridine rings is 1. The molecule has 1 saturated heterocycles. The minimum absolute atomic E-state index is 0.179. The van der Waals surface area contributed by atoms with Gasteiger partial charge in [0.2, 0.25) is 0 Å². The van der Waals surface area contributed by atoms with Crippen LogP contribution >= 0.6 is 0 Å². The molecule has 5 heteroatoms. The van der Waals surface area contributed by atoms with Gasteiger partial charge < -0.3 is 15.2 Å². The van der Waals surface area contributed by atoms with Crippen LogP contribution in [0.2, 0.25) is 0 Å². The van der Waals surface area contributed by atoms with Crippen molar-refractivity contribution in [3.8, 4) is 0 Å². The van der Waals surface area contributed by atoms with Gasteiger partial charge in [-0.3, -0.25) is 9.78 Å². The summed E-state index contributed by atoms with van der Waals surface area (Å²) in [7, 11) is 0. The van der Waals surface area contributed by atoms with Crippen molar-refractivity contribution < 1.29 is 14.6 Å². The van der Waals surface area contributed by atoms with E-state index in [0.29, 0.717) is 31.6 Å². The number of nitrogens with zero attached hydrogens (tertiary/aromatic N) is 1. The number of benzene rings is 1. The number of para-hydroxylation sites is 1. The number of carbonyl (C=O) groups is 1. The van der Waals surface area contributed by atoms with Crippen LogP contribution in [-0.2, 0) is 4.74 Å². The van der Waals surface area contributed by atoms with E-state index in [-0.39, 0.29) is 12.5 Å². The van der Waals surface area contributed by atoms with E-state index in [1.54, 1.807) is 6.07 Å². The fourth-order valence-corrected chi connectivity index (χ4v) is 2.76. The lowest BCUT2D eigenvalue weighted by molar-refractivity contribution is -0.0605. The molecular formula is C17H20N2O3. The highest BCUT2D eigenvalue weighted by Gasteiger charge is 2.30. The Bertz CT molecular complexity index is 693. The van der Waals surface area contributed by atoms with Gasteiger partial charge in [0.25, 0.3) is 5.91 Å². The highest BCUT2D eigenvalue weighted by atomic mass is 16.5. The molecule has 0 radical (unpaired) electrons. The Balaban J connectivity index is 1.80. The van der Waals surface area contributed by atoms with Gasteiger partial charge in [-0.1, -0.05) is 18.2 Å². The Labute approximate surface area is 129 Å². The molecule has 22 heavy (non-hydrogen) atoms. The summed E-state index contributed by atoms with van der Waals surface area (Å²) in [6.07, 6.45) is 1.09. The molecule has 116 valence electrons. The predicted molar refractivity (Wildman–Crippen MR) is 83.8 cm³/mol. The van der Waals surface area contributed by atoms with E-state index in [4.69, 9.17) is 4.74 Å². The summed E-state index contributed by atoms with van der Waals surface area (Å²) in [6.45, 7) is 3.17. The molecule has 0 spiro atoms. The number of hydrogen-bond donors (Lipinski definition) is 2. The number of aliphatic hydroxyl groups is 1. The van der Waals surface area contributed by atoms with E-state index in [9.17, 15) is 9.90 Å². The first-order valence-corrected chi connectivity index (χ1v) is 7.52. The van der Waals surface area contributed by atoms with Gasteiger partial charge in [0.15, 0.2) is 0 Å². The van der Waals surface area contributed by atoms with Gasteiger partial charge >= 0.3 is 0 Å². The molecule has 0 bridgehead atoms. The monoisotopic (exact) mass is 300 g/mol. The van der Waals surface area contributed by atoms with Crippen molar-refractivity contribution in [3.63, 3.8) is 0 Å². The molecule has 3 rings (SSSR count). The third-order valence-electron chi connectivity index (χ3n) is 4.09. The zero-order chi connectivity index (χ0) is 15.6. The summed E-state index contributed by atoms with van der Waals surface area (Å²) in [6, 6.07) is 9.36. The van der Waals surface area contributed by atoms with Crippen molar-refractivity contribution in [1.29, 1.82) is 0 Å². The van der Waals surface area contributed by atoms with Crippen LogP contribution in [0.3, 0.4) is 0 Å². The van der Waals surface area contributed by atoms with Crippen LogP contribution in [0.15, 0.2) is 30.3 Å². The number of fused-ring (bicyclic) bond motifs is 1. The van der Waals surface area contributed by atoms with Crippen LogP contribution in [-0.4, -0.2) is 41.4 Å². The zero-order valence-corrected chi connectivity index (χ0v) is 12.6. The summed E-state index contributed by atoms with van der Waals surface area (Å²) in [4.78, 5) is 17.0. The van der Waals surface area contributed by atoms with E-state index >= 15 is 0 Å². The smallest absolute Gasteiger partial charge is 0.252 e. The molecule has 1 aromatic carbocycles. The van der Waals surface area contributed by atoms with Crippen LogP contribution in [0.4, 0.5) is 0 Å². The lowest BCUT2D eigenvalue weighted by atomic mass is 9.94. The number of amides is 1. The van der Waals surface area contributed by atoms with Gasteiger partial charge in [-0.2, -0.15) is 0 Å². The number of ether oxygens (including phenoxy) is 1. The van der Waals surface area contributed by atoms with Gasteiger partial charge in [0.05, 0.1) is 16.7 Å². The second kappa shape index (κ2) is 6.02. The third kappa shape index (κ3) is 3.10. The molecule has 0 unspecified atom stereocenters. The third-order valence-corrected chi connectivity index (χ3v) is 4.09. The maximum atomic E-state index is 12.5. The average Bonchev–Trinajstić information content (AvgIpc) is 2.52. The molecule has 5 nitrogen and oxygen atoms in total. The first-order valence-electron chi connectivity index (χ1n) is 7.52. The summed E-state index contributed by atoms with van der Waals surface area (Å²) < 4.78 is 5.25. The van der Waals surface area contributed by atoms with Crippen LogP contribution in [0.25, 0.3) is 10.9 Å². The first kappa shape index (κ1) is 14.9. The Morgan fingerprint density at radius 1 is 1.36 bits per heavy atom. The molecule has 1 amide bonds. The van der Waals surface area contributed by atoms with Crippen LogP contribution in [0, 0.1) is 6.92 Å². The molecule has 2 aromatic rings. The highest BCUT2D eigenvalue weighted by Crippen LogP contribution is 2.21. The molecular weight excluding hydrogens is 280 g/mol. The number of rotatable bonds is 3. The number of carbonyl (C=O) groups excluding carboxylic acids is 1. The molecule has 1 aliphatic rings. The number of hydrogen-bond acceptors (Lipinski definition) is 4. The molecule has 0 aliphatic carbocycles. The van der Waals surface area contributed by atoms with Crippen LogP contribution in [0.1, 0.15) is 28.9 Å². The van der Waals surface area contributed by atoms with Gasteiger partial charge in [0, 0.05) is 43.7 Å². The minimum Gasteiger partial charge on any atom is -0.388 e. The van der Waals surface area contributed by atoms with Gasteiger partial charge in [-0.05, 0) is 19.1 Å². The number of aryl methyl sites for hydroxylation is 1. The number of nitrogens with one attached hydrogen (secondary N) is 1. The van der Waals surface area contributed by atoms with E-state index in [0.717, 1.165) is 16.6 Å². The lowest BCUT2D eigenvalue weighted by Gasteiger charge is -2.32. The maximum Gasteiger partial charge on any atom is 0.252 e. The molecule has 0 atom stereocenters. The van der Waals surface area contributed by atoms with E-state index in [2.05, 4.69) is 10.3 Å². The standard InChI is InChI=1S/C17H20N2O3/c1-12-10-14(13-4-2-3-5-15(13)19-12)16(20)18-11-17(21)6-8-22-9-7-17/h2-5,10,21H,6-9,11H2,1H3,(H,18,20). The summed E-state index contributed by atoms with van der Waals surface area (Å²) in [5.74, 6) is -0.179. The largest absolute Gasteiger partial charge is 0.388 e. The van der Waals surface area contributed by atoms with Crippen molar-refractivity contribution in [2.24, 2.45) is 0 Å². The predicted octanol–water partition coefficient (Wildman–Crippen LogP) is 1.81. The van der Waals surface area contributed by atoms with E-state index in [1.807, 2.05) is 31.2 Å². The SMILES string of the molecule is Cc1cc(C(=O)NCC2(O)CCOCC2)c2ccccc2n1. The Morgan fingerprint density at radius 2 is 2.09 bits per heavy atom. The quantitative estimate of drug-likeness (QED) is 0.907. The zero-order valence-electron chi connectivity index (χ0n) is 12.6. The normalized spacial score (nSPS) is 17.4. The van der Waals surface area contributed by atoms with Crippen molar-refractivity contribution in [2.75, 3.05) is 19.8 Å². The molecule has 1 aromatic heterocycles. The Kier molecular flexibility index (Phi) is 4.09. The van der Waals surface area contributed by atoms with Crippen molar-refractivity contribution in [1.82, 2.24) is 10.3 Å². The highest BCUT2D eigenvalue weighted by molar-refractivity contribution is 6.06. The van der Waals surface area contributed by atoms with Crippen molar-refractivity contribution in [2.45, 2.75) is 25.4 Å². The Hall–Kier alpha value is -1.98. The summed E-state index contributed by atoms with van der Waals surface area (Å²) in [5, 5.41) is 14.1. The molecule has 0 saturated carbocycles. The van der Waals surface area contributed by atoms with Gasteiger partial charge in [-0.15, -0.1) is 0 Å². The second-order valence-corrected chi connectivity index (χ2v) is 5.85. The average molecular weight is 300 g/mol.